The number of benzene rings is 2. The second-order valence-electron chi connectivity index (χ2n) is 13.8. The van der Waals surface area contributed by atoms with Crippen molar-refractivity contribution in [3.63, 3.8) is 0 Å². The van der Waals surface area contributed by atoms with Crippen LogP contribution < -0.4 is 32.7 Å². The molecule has 15 heteroatoms. The maximum Gasteiger partial charge on any atom is 0.328 e. The van der Waals surface area contributed by atoms with Gasteiger partial charge in [-0.15, -0.1) is 0 Å². The summed E-state index contributed by atoms with van der Waals surface area (Å²) in [5.74, 6) is -3.79. The van der Waals surface area contributed by atoms with Gasteiger partial charge in [-0.05, 0) is 74.4 Å². The molecule has 2 aromatic rings. The fourth-order valence-electron chi connectivity index (χ4n) is 5.81. The van der Waals surface area contributed by atoms with Gasteiger partial charge >= 0.3 is 5.97 Å². The summed E-state index contributed by atoms with van der Waals surface area (Å²) in [5, 5.41) is 20.1. The second-order valence-corrected chi connectivity index (χ2v) is 13.8. The van der Waals surface area contributed by atoms with Gasteiger partial charge < -0.3 is 47.5 Å². The summed E-state index contributed by atoms with van der Waals surface area (Å²) in [7, 11) is 0. The van der Waals surface area contributed by atoms with Gasteiger partial charge in [-0.2, -0.15) is 0 Å². The standard InChI is InChI=1S/C40H55N7O8/c1-4-55-40(54)33(22-26(2)3)44-38(52)32(24-27-12-7-5-8-13-27)43-39(53)36(46-37(51)31(41)23-28-16-18-30(48)19-17-28)45-34(49)15-9-6-10-20-47-21-11-14-29(25-47)35(42)50/h5,7-8,11-13,16-19,21,25-26,31-33,36,48H,4,6,9-10,14-15,20,22-24,41H2,1-3H3,(H2,42,50)(H,43,53)(H,44,52)(H,45,49)(H,46,51)/t31-,32-,33-,36-/m0/s1. The molecule has 5 amide bonds. The van der Waals surface area contributed by atoms with Crippen LogP contribution in [-0.4, -0.2) is 83.0 Å². The van der Waals surface area contributed by atoms with E-state index in [4.69, 9.17) is 16.2 Å². The summed E-state index contributed by atoms with van der Waals surface area (Å²) in [4.78, 5) is 80.4. The molecule has 0 unspecified atom stereocenters. The Bertz CT molecular complexity index is 1660. The van der Waals surface area contributed by atoms with E-state index >= 15 is 0 Å². The number of nitrogens with zero attached hydrogens (tertiary/aromatic N) is 1. The first-order chi connectivity index (χ1) is 26.2. The lowest BCUT2D eigenvalue weighted by molar-refractivity contribution is -0.148. The maximum atomic E-state index is 13.9. The number of hydrogen-bond acceptors (Lipinski definition) is 10. The number of aromatic hydroxyl groups is 1. The Morgan fingerprint density at radius 3 is 2.15 bits per heavy atom. The molecular weight excluding hydrogens is 706 g/mol. The number of ether oxygens (including phenoxy) is 1. The molecule has 3 rings (SSSR count). The Kier molecular flexibility index (Phi) is 17.9. The first-order valence-corrected chi connectivity index (χ1v) is 18.6. The van der Waals surface area contributed by atoms with E-state index in [0.717, 1.165) is 0 Å². The number of hydrogen-bond donors (Lipinski definition) is 7. The molecule has 55 heavy (non-hydrogen) atoms. The van der Waals surface area contributed by atoms with E-state index in [-0.39, 0.29) is 37.5 Å². The van der Waals surface area contributed by atoms with E-state index in [0.29, 0.717) is 55.3 Å². The number of allylic oxidation sites excluding steroid dienone is 1. The Morgan fingerprint density at radius 1 is 0.818 bits per heavy atom. The number of rotatable bonds is 22. The van der Waals surface area contributed by atoms with Gasteiger partial charge in [0, 0.05) is 31.2 Å². The van der Waals surface area contributed by atoms with Crippen LogP contribution in [0.15, 0.2) is 78.6 Å². The number of unbranched alkanes of at least 4 members (excludes halogenated alkanes) is 2. The number of phenols is 1. The predicted octanol–water partition coefficient (Wildman–Crippen LogP) is 1.79. The van der Waals surface area contributed by atoms with Gasteiger partial charge in [-0.1, -0.05) is 68.8 Å². The van der Waals surface area contributed by atoms with Crippen LogP contribution in [0.1, 0.15) is 70.4 Å². The van der Waals surface area contributed by atoms with Crippen LogP contribution in [0.2, 0.25) is 0 Å². The molecule has 0 spiro atoms. The molecule has 15 nitrogen and oxygen atoms in total. The van der Waals surface area contributed by atoms with Crippen LogP contribution in [0.5, 0.6) is 5.75 Å². The van der Waals surface area contributed by atoms with Crippen molar-refractivity contribution in [2.24, 2.45) is 17.4 Å². The van der Waals surface area contributed by atoms with E-state index in [2.05, 4.69) is 21.3 Å². The van der Waals surface area contributed by atoms with Crippen molar-refractivity contribution in [3.8, 4) is 5.75 Å². The van der Waals surface area contributed by atoms with Crippen LogP contribution in [0.3, 0.4) is 0 Å². The molecule has 2 aromatic carbocycles. The Balaban J connectivity index is 1.75. The van der Waals surface area contributed by atoms with Crippen LogP contribution in [0, 0.1) is 5.92 Å². The zero-order chi connectivity index (χ0) is 40.3. The lowest BCUT2D eigenvalue weighted by Crippen LogP contribution is -2.62. The van der Waals surface area contributed by atoms with Gasteiger partial charge in [0.2, 0.25) is 23.6 Å². The SMILES string of the molecule is CCOC(=O)[C@H](CC(C)C)NC(=O)[C@H](Cc1ccccc1)NC(=O)[C@@H](NC(=O)CCCCCN1C=CCC(C(N)=O)=C1)NC(=O)[C@@H](N)Cc1ccc(O)cc1. The van der Waals surface area contributed by atoms with Gasteiger partial charge in [-0.25, -0.2) is 4.79 Å². The fraction of sp³-hybridized carbons (Fsp3) is 0.450. The quantitative estimate of drug-likeness (QED) is 0.0522. The number of phenolic OH excluding ortho intramolecular Hbond substituents is 1. The summed E-state index contributed by atoms with van der Waals surface area (Å²) in [6.07, 6.45) is 6.53. The molecule has 0 fully saturated rings. The molecular formula is C40H55N7O8. The molecule has 1 heterocycles. The van der Waals surface area contributed by atoms with E-state index in [9.17, 15) is 33.9 Å². The average Bonchev–Trinajstić information content (AvgIpc) is 3.15. The number of nitrogens with one attached hydrogen (secondary N) is 4. The third-order valence-corrected chi connectivity index (χ3v) is 8.69. The highest BCUT2D eigenvalue weighted by molar-refractivity contribution is 5.96. The van der Waals surface area contributed by atoms with E-state index in [1.165, 1.54) is 12.1 Å². The summed E-state index contributed by atoms with van der Waals surface area (Å²) < 4.78 is 5.19. The number of carbonyl (C=O) groups is 6. The highest BCUT2D eigenvalue weighted by atomic mass is 16.5. The summed E-state index contributed by atoms with van der Waals surface area (Å²) in [6.45, 7) is 6.18. The van der Waals surface area contributed by atoms with E-state index < -0.39 is 59.8 Å². The smallest absolute Gasteiger partial charge is 0.328 e. The second kappa shape index (κ2) is 22.5. The third kappa shape index (κ3) is 15.7. The minimum absolute atomic E-state index is 0.0295. The van der Waals surface area contributed by atoms with E-state index in [1.54, 1.807) is 55.6 Å². The highest BCUT2D eigenvalue weighted by Crippen LogP contribution is 2.14. The fourth-order valence-corrected chi connectivity index (χ4v) is 5.81. The summed E-state index contributed by atoms with van der Waals surface area (Å²) in [5.41, 5.74) is 13.5. The lowest BCUT2D eigenvalue weighted by Gasteiger charge is -2.26. The molecule has 9 N–H and O–H groups in total. The molecule has 0 aromatic heterocycles. The number of esters is 1. The number of carbonyl (C=O) groups excluding carboxylic acids is 6. The van der Waals surface area contributed by atoms with Crippen molar-refractivity contribution in [1.29, 1.82) is 0 Å². The van der Waals surface area contributed by atoms with Crippen molar-refractivity contribution in [1.82, 2.24) is 26.2 Å². The number of primary amides is 1. The van der Waals surface area contributed by atoms with Gasteiger partial charge in [0.1, 0.15) is 17.8 Å². The van der Waals surface area contributed by atoms with Gasteiger partial charge in [0.15, 0.2) is 6.17 Å². The minimum atomic E-state index is -1.61. The maximum absolute atomic E-state index is 13.9. The molecule has 0 bridgehead atoms. The predicted molar refractivity (Wildman–Crippen MR) is 206 cm³/mol. The average molecular weight is 762 g/mol. The van der Waals surface area contributed by atoms with Crippen LogP contribution in [-0.2, 0) is 46.3 Å². The first kappa shape index (κ1) is 43.7. The summed E-state index contributed by atoms with van der Waals surface area (Å²) >= 11 is 0. The van der Waals surface area contributed by atoms with E-state index in [1.807, 2.05) is 31.0 Å². The monoisotopic (exact) mass is 761 g/mol. The van der Waals surface area contributed by atoms with Crippen LogP contribution in [0.4, 0.5) is 0 Å². The van der Waals surface area contributed by atoms with Crippen molar-refractivity contribution < 1.29 is 38.6 Å². The molecule has 0 saturated carbocycles. The Labute approximate surface area is 322 Å². The van der Waals surface area contributed by atoms with Crippen molar-refractivity contribution >= 4 is 35.5 Å². The number of amides is 5. The molecule has 0 aliphatic carbocycles. The van der Waals surface area contributed by atoms with Crippen molar-refractivity contribution in [2.45, 2.75) is 96.4 Å². The van der Waals surface area contributed by atoms with Crippen molar-refractivity contribution in [2.75, 3.05) is 13.2 Å². The molecule has 0 saturated heterocycles. The third-order valence-electron chi connectivity index (χ3n) is 8.69. The minimum Gasteiger partial charge on any atom is -0.508 e. The zero-order valence-electron chi connectivity index (χ0n) is 31.8. The lowest BCUT2D eigenvalue weighted by atomic mass is 10.0. The van der Waals surface area contributed by atoms with Crippen LogP contribution >= 0.6 is 0 Å². The summed E-state index contributed by atoms with van der Waals surface area (Å²) in [6, 6.07) is 11.7. The molecule has 4 atom stereocenters. The molecule has 1 aliphatic heterocycles. The number of nitrogens with two attached hydrogens (primary N) is 2. The molecule has 0 radical (unpaired) electrons. The Morgan fingerprint density at radius 2 is 1.49 bits per heavy atom. The zero-order valence-corrected chi connectivity index (χ0v) is 31.8. The first-order valence-electron chi connectivity index (χ1n) is 18.6. The van der Waals surface area contributed by atoms with Gasteiger partial charge in [0.05, 0.1) is 12.6 Å². The van der Waals surface area contributed by atoms with Crippen LogP contribution in [0.25, 0.3) is 0 Å². The van der Waals surface area contributed by atoms with Gasteiger partial charge in [0.25, 0.3) is 5.91 Å². The highest BCUT2D eigenvalue weighted by Gasteiger charge is 2.32. The molecule has 298 valence electrons. The van der Waals surface area contributed by atoms with Gasteiger partial charge in [-0.3, -0.25) is 24.0 Å². The topological polar surface area (TPSA) is 235 Å². The Hall–Kier alpha value is -5.70. The largest absolute Gasteiger partial charge is 0.508 e. The van der Waals surface area contributed by atoms with Crippen molar-refractivity contribution in [3.05, 3.63) is 89.8 Å². The normalized spacial score (nSPS) is 14.5. The molecule has 1 aliphatic rings.